The van der Waals surface area contributed by atoms with E-state index < -0.39 is 17.7 Å². The van der Waals surface area contributed by atoms with Gasteiger partial charge in [-0.05, 0) is 39.2 Å². The number of aliphatic carboxylic acids is 1. The maximum absolute atomic E-state index is 14.1. The van der Waals surface area contributed by atoms with Gasteiger partial charge in [-0.2, -0.15) is 0 Å². The number of nitrogens with two attached hydrogens (primary N) is 1. The molecular weight excluding hydrogens is 477 g/mol. The highest BCUT2D eigenvalue weighted by atomic mass is 35.5. The number of carbonyl (C=O) groups is 2. The second kappa shape index (κ2) is 10.3. The Morgan fingerprint density at radius 3 is 2.51 bits per heavy atom. The SMILES string of the molecule is Cc1nc(C2=C(N)CN(C(=O)C3CC=C(F)C=C3OC3CCN(CC(=O)O)CC3)C2)nc(C)c1Cl. The third-order valence-corrected chi connectivity index (χ3v) is 7.08. The molecule has 9 nitrogen and oxygen atoms in total. The number of aromatic nitrogens is 2. The molecule has 3 aliphatic rings. The monoisotopic (exact) mass is 505 g/mol. The van der Waals surface area contributed by atoms with Crippen LogP contribution in [-0.4, -0.2) is 75.6 Å². The van der Waals surface area contributed by atoms with Crippen LogP contribution < -0.4 is 5.73 Å². The normalized spacial score (nSPS) is 21.7. The summed E-state index contributed by atoms with van der Waals surface area (Å²) in [7, 11) is 0. The Kier molecular flexibility index (Phi) is 7.42. The van der Waals surface area contributed by atoms with Crippen molar-refractivity contribution in [1.82, 2.24) is 19.8 Å². The fraction of sp³-hybridized carbons (Fsp3) is 0.500. The lowest BCUT2D eigenvalue weighted by molar-refractivity contribution is -0.139. The van der Waals surface area contributed by atoms with Crippen LogP contribution >= 0.6 is 11.6 Å². The number of hydrogen-bond donors (Lipinski definition) is 2. The molecule has 1 atom stereocenters. The van der Waals surface area contributed by atoms with Crippen LogP contribution in [0.5, 0.6) is 0 Å². The van der Waals surface area contributed by atoms with E-state index in [-0.39, 0.29) is 38.1 Å². The number of carbonyl (C=O) groups excluding carboxylic acids is 1. The molecule has 0 bridgehead atoms. The standard InChI is InChI=1S/C24H29ClFN5O4/c1-13-22(25)14(2)29-23(28-13)18-10-31(11-19(18)27)24(34)17-4-3-15(26)9-20(17)35-16-5-7-30(8-6-16)12-21(32)33/h3,9,16-17H,4-8,10-12,27H2,1-2H3,(H,32,33). The third-order valence-electron chi connectivity index (χ3n) is 6.53. The van der Waals surface area contributed by atoms with Crippen LogP contribution in [0.25, 0.3) is 5.57 Å². The molecule has 2 aliphatic heterocycles. The third kappa shape index (κ3) is 5.65. The molecule has 1 unspecified atom stereocenters. The van der Waals surface area contributed by atoms with Crippen molar-refractivity contribution in [2.45, 2.75) is 39.2 Å². The minimum atomic E-state index is -0.871. The summed E-state index contributed by atoms with van der Waals surface area (Å²) in [5.74, 6) is -1.42. The van der Waals surface area contributed by atoms with Gasteiger partial charge in [0.05, 0.1) is 42.0 Å². The number of aryl methyl sites for hydroxylation is 2. The average molecular weight is 506 g/mol. The molecular formula is C24H29ClFN5O4. The maximum Gasteiger partial charge on any atom is 0.317 e. The summed E-state index contributed by atoms with van der Waals surface area (Å²) < 4.78 is 20.2. The average Bonchev–Trinajstić information content (AvgIpc) is 3.19. The van der Waals surface area contributed by atoms with Crippen molar-refractivity contribution in [2.75, 3.05) is 32.7 Å². The van der Waals surface area contributed by atoms with Crippen LogP contribution in [0.4, 0.5) is 4.39 Å². The zero-order valence-corrected chi connectivity index (χ0v) is 20.5. The topological polar surface area (TPSA) is 122 Å². The minimum absolute atomic E-state index is 0.0179. The summed E-state index contributed by atoms with van der Waals surface area (Å²) in [6.07, 6.45) is 3.85. The van der Waals surface area contributed by atoms with Crippen molar-refractivity contribution in [3.8, 4) is 0 Å². The Labute approximate surface area is 208 Å². The molecule has 1 aliphatic carbocycles. The van der Waals surface area contributed by atoms with E-state index in [9.17, 15) is 14.0 Å². The summed E-state index contributed by atoms with van der Waals surface area (Å²) in [5, 5.41) is 9.47. The van der Waals surface area contributed by atoms with E-state index in [0.29, 0.717) is 65.2 Å². The highest BCUT2D eigenvalue weighted by Crippen LogP contribution is 2.33. The maximum atomic E-state index is 14.1. The van der Waals surface area contributed by atoms with E-state index in [1.54, 1.807) is 18.7 Å². The van der Waals surface area contributed by atoms with Crippen molar-refractivity contribution in [2.24, 2.45) is 11.7 Å². The molecule has 1 saturated heterocycles. The van der Waals surface area contributed by atoms with E-state index in [4.69, 9.17) is 27.2 Å². The molecule has 11 heteroatoms. The van der Waals surface area contributed by atoms with Crippen LogP contribution in [0.15, 0.2) is 29.4 Å². The number of nitrogens with zero attached hydrogens (tertiary/aromatic N) is 4. The predicted octanol–water partition coefficient (Wildman–Crippen LogP) is 2.58. The number of ether oxygens (including phenoxy) is 1. The van der Waals surface area contributed by atoms with Gasteiger partial charge in [0, 0.05) is 30.4 Å². The van der Waals surface area contributed by atoms with Crippen molar-refractivity contribution in [1.29, 1.82) is 0 Å². The molecule has 3 N–H and O–H groups in total. The number of carboxylic acid groups (broad SMARTS) is 1. The van der Waals surface area contributed by atoms with Gasteiger partial charge in [0.15, 0.2) is 5.82 Å². The van der Waals surface area contributed by atoms with E-state index in [2.05, 4.69) is 9.97 Å². The van der Waals surface area contributed by atoms with Gasteiger partial charge >= 0.3 is 5.97 Å². The van der Waals surface area contributed by atoms with Crippen molar-refractivity contribution in [3.63, 3.8) is 0 Å². The first-order chi connectivity index (χ1) is 16.6. The van der Waals surface area contributed by atoms with Crippen LogP contribution in [-0.2, 0) is 14.3 Å². The summed E-state index contributed by atoms with van der Waals surface area (Å²) >= 11 is 6.19. The number of allylic oxidation sites excluding steroid dienone is 3. The molecule has 1 aromatic rings. The summed E-state index contributed by atoms with van der Waals surface area (Å²) in [4.78, 5) is 36.7. The first kappa shape index (κ1) is 25.1. The van der Waals surface area contributed by atoms with E-state index in [1.165, 1.54) is 12.2 Å². The van der Waals surface area contributed by atoms with Gasteiger partial charge < -0.3 is 20.5 Å². The lowest BCUT2D eigenvalue weighted by atomic mass is 9.95. The Balaban J connectivity index is 1.43. The fourth-order valence-electron chi connectivity index (χ4n) is 4.63. The molecule has 4 rings (SSSR count). The molecule has 1 fully saturated rings. The van der Waals surface area contributed by atoms with E-state index >= 15 is 0 Å². The van der Waals surface area contributed by atoms with Crippen molar-refractivity contribution < 1.29 is 23.8 Å². The van der Waals surface area contributed by atoms with Gasteiger partial charge in [0.2, 0.25) is 5.91 Å². The highest BCUT2D eigenvalue weighted by molar-refractivity contribution is 6.31. The quantitative estimate of drug-likeness (QED) is 0.605. The second-order valence-corrected chi connectivity index (χ2v) is 9.52. The molecule has 0 spiro atoms. The first-order valence-corrected chi connectivity index (χ1v) is 12.0. The smallest absolute Gasteiger partial charge is 0.317 e. The zero-order valence-electron chi connectivity index (χ0n) is 19.8. The van der Waals surface area contributed by atoms with Crippen LogP contribution in [0, 0.1) is 19.8 Å². The Hall–Kier alpha value is -2.98. The number of hydrogen-bond acceptors (Lipinski definition) is 7. The number of rotatable bonds is 6. The van der Waals surface area contributed by atoms with Crippen LogP contribution in [0.1, 0.15) is 36.5 Å². The Morgan fingerprint density at radius 1 is 1.23 bits per heavy atom. The molecule has 1 amide bonds. The highest BCUT2D eigenvalue weighted by Gasteiger charge is 2.36. The van der Waals surface area contributed by atoms with Gasteiger partial charge in [-0.25, -0.2) is 14.4 Å². The largest absolute Gasteiger partial charge is 0.494 e. The zero-order chi connectivity index (χ0) is 25.3. The van der Waals surface area contributed by atoms with Gasteiger partial charge in [-0.3, -0.25) is 14.5 Å². The van der Waals surface area contributed by atoms with E-state index in [0.717, 1.165) is 0 Å². The number of halogens is 2. The van der Waals surface area contributed by atoms with Crippen LogP contribution in [0.2, 0.25) is 5.02 Å². The first-order valence-electron chi connectivity index (χ1n) is 11.6. The molecule has 0 aromatic carbocycles. The minimum Gasteiger partial charge on any atom is -0.494 e. The van der Waals surface area contributed by atoms with Crippen LogP contribution in [0.3, 0.4) is 0 Å². The molecule has 35 heavy (non-hydrogen) atoms. The Morgan fingerprint density at radius 2 is 1.89 bits per heavy atom. The number of likely N-dealkylation sites (tertiary alicyclic amines) is 1. The summed E-state index contributed by atoms with van der Waals surface area (Å²) in [5.41, 5.74) is 8.73. The lowest BCUT2D eigenvalue weighted by Gasteiger charge is -2.34. The number of carboxylic acids is 1. The van der Waals surface area contributed by atoms with Gasteiger partial charge in [0.25, 0.3) is 0 Å². The molecule has 1 aromatic heterocycles. The van der Waals surface area contributed by atoms with Crippen molar-refractivity contribution in [3.05, 3.63) is 51.7 Å². The number of piperidine rings is 1. The fourth-order valence-corrected chi connectivity index (χ4v) is 4.71. The lowest BCUT2D eigenvalue weighted by Crippen LogP contribution is -2.41. The predicted molar refractivity (Wildman–Crippen MR) is 128 cm³/mol. The molecule has 0 saturated carbocycles. The van der Waals surface area contributed by atoms with Gasteiger partial charge in [-0.15, -0.1) is 0 Å². The Bertz CT molecular complexity index is 1100. The van der Waals surface area contributed by atoms with Gasteiger partial charge in [-0.1, -0.05) is 11.6 Å². The number of amides is 1. The second-order valence-electron chi connectivity index (χ2n) is 9.14. The summed E-state index contributed by atoms with van der Waals surface area (Å²) in [6.45, 7) is 5.16. The van der Waals surface area contributed by atoms with Crippen molar-refractivity contribution >= 4 is 29.1 Å². The molecule has 3 heterocycles. The molecule has 0 radical (unpaired) electrons. The van der Waals surface area contributed by atoms with E-state index in [1.807, 2.05) is 4.90 Å². The summed E-state index contributed by atoms with van der Waals surface area (Å²) in [6, 6.07) is 0. The van der Waals surface area contributed by atoms with Gasteiger partial charge in [0.1, 0.15) is 17.7 Å². The molecule has 188 valence electrons.